The molecule has 0 saturated heterocycles. The summed E-state index contributed by atoms with van der Waals surface area (Å²) < 4.78 is 13.4. The molecule has 1 aromatic carbocycles. The number of halogens is 1. The second-order valence-corrected chi connectivity index (χ2v) is 3.47. The summed E-state index contributed by atoms with van der Waals surface area (Å²) in [6.07, 6.45) is 0. The van der Waals surface area contributed by atoms with Crippen molar-refractivity contribution in [1.29, 1.82) is 0 Å². The zero-order chi connectivity index (χ0) is 13.9. The molecular formula is C10H9FN2O5. The van der Waals surface area contributed by atoms with E-state index in [1.807, 2.05) is 0 Å². The standard InChI is InChI=1S/C10H9FN2O5/c1-5(14)12-9-2-6(4-13(17)18)8(11)3-7(9)10(15)16/h2-3H,4H2,1H3,(H,12,14)(H,15,16). The largest absolute Gasteiger partial charge is 0.478 e. The number of rotatable bonds is 4. The van der Waals surface area contributed by atoms with Gasteiger partial charge in [0, 0.05) is 11.8 Å². The summed E-state index contributed by atoms with van der Waals surface area (Å²) in [5.74, 6) is -3.00. The lowest BCUT2D eigenvalue weighted by atomic mass is 10.1. The Balaban J connectivity index is 3.30. The van der Waals surface area contributed by atoms with Crippen molar-refractivity contribution in [2.24, 2.45) is 0 Å². The molecule has 0 bridgehead atoms. The van der Waals surface area contributed by atoms with Gasteiger partial charge in [-0.25, -0.2) is 9.18 Å². The lowest BCUT2D eigenvalue weighted by Crippen LogP contribution is -2.13. The van der Waals surface area contributed by atoms with Crippen LogP contribution in [-0.2, 0) is 11.3 Å². The number of nitrogens with one attached hydrogen (secondary N) is 1. The minimum absolute atomic E-state index is 0.173. The number of nitro groups is 1. The number of hydrogen-bond donors (Lipinski definition) is 2. The number of aromatic carboxylic acids is 1. The fraction of sp³-hybridized carbons (Fsp3) is 0.200. The zero-order valence-electron chi connectivity index (χ0n) is 9.27. The van der Waals surface area contributed by atoms with Gasteiger partial charge in [0.25, 0.3) is 0 Å². The normalized spacial score (nSPS) is 9.89. The van der Waals surface area contributed by atoms with Crippen LogP contribution in [-0.4, -0.2) is 21.9 Å². The van der Waals surface area contributed by atoms with Gasteiger partial charge in [0.2, 0.25) is 12.5 Å². The molecule has 0 spiro atoms. The van der Waals surface area contributed by atoms with Crippen molar-refractivity contribution in [1.82, 2.24) is 0 Å². The maximum atomic E-state index is 13.4. The van der Waals surface area contributed by atoms with Crippen LogP contribution >= 0.6 is 0 Å². The molecule has 1 aromatic rings. The molecule has 18 heavy (non-hydrogen) atoms. The van der Waals surface area contributed by atoms with Crippen LogP contribution in [0.2, 0.25) is 0 Å². The maximum Gasteiger partial charge on any atom is 0.337 e. The van der Waals surface area contributed by atoms with Gasteiger partial charge >= 0.3 is 5.97 Å². The third-order valence-corrected chi connectivity index (χ3v) is 2.03. The van der Waals surface area contributed by atoms with Gasteiger partial charge in [-0.1, -0.05) is 0 Å². The molecule has 0 saturated carbocycles. The molecule has 0 heterocycles. The highest BCUT2D eigenvalue weighted by Crippen LogP contribution is 2.21. The SMILES string of the molecule is CC(=O)Nc1cc(C[N+](=O)[O-])c(F)cc1C(=O)O. The van der Waals surface area contributed by atoms with Crippen molar-refractivity contribution in [3.63, 3.8) is 0 Å². The molecule has 1 amide bonds. The number of carboxylic acids is 1. The molecule has 1 rings (SSSR count). The Morgan fingerprint density at radius 2 is 2.11 bits per heavy atom. The first kappa shape index (κ1) is 13.6. The zero-order valence-corrected chi connectivity index (χ0v) is 9.27. The summed E-state index contributed by atoms with van der Waals surface area (Å²) in [5.41, 5.74) is -0.934. The van der Waals surface area contributed by atoms with E-state index >= 15 is 0 Å². The third kappa shape index (κ3) is 3.24. The minimum atomic E-state index is -1.44. The van der Waals surface area contributed by atoms with Crippen LogP contribution in [0.3, 0.4) is 0 Å². The molecule has 0 radical (unpaired) electrons. The summed E-state index contributed by atoms with van der Waals surface area (Å²) in [7, 11) is 0. The number of anilines is 1. The van der Waals surface area contributed by atoms with Crippen LogP contribution in [0.15, 0.2) is 12.1 Å². The van der Waals surface area contributed by atoms with Crippen molar-refractivity contribution in [3.05, 3.63) is 39.2 Å². The molecule has 0 atom stereocenters. The summed E-state index contributed by atoms with van der Waals surface area (Å²) in [4.78, 5) is 31.3. The van der Waals surface area contributed by atoms with E-state index in [1.54, 1.807) is 0 Å². The molecule has 0 aromatic heterocycles. The average Bonchev–Trinajstić information content (AvgIpc) is 2.20. The first-order valence-corrected chi connectivity index (χ1v) is 4.76. The van der Waals surface area contributed by atoms with Gasteiger partial charge in [-0.3, -0.25) is 14.9 Å². The van der Waals surface area contributed by atoms with E-state index in [2.05, 4.69) is 5.32 Å². The number of carbonyl (C=O) groups excluding carboxylic acids is 1. The Bertz CT molecular complexity index is 529. The van der Waals surface area contributed by atoms with Gasteiger partial charge in [0.15, 0.2) is 0 Å². The predicted molar refractivity (Wildman–Crippen MR) is 58.4 cm³/mol. The highest BCUT2D eigenvalue weighted by atomic mass is 19.1. The molecule has 0 unspecified atom stereocenters. The summed E-state index contributed by atoms with van der Waals surface area (Å²) in [6.45, 7) is 0.348. The number of benzene rings is 1. The van der Waals surface area contributed by atoms with E-state index in [1.165, 1.54) is 0 Å². The Hall–Kier alpha value is -2.51. The molecular weight excluding hydrogens is 247 g/mol. The minimum Gasteiger partial charge on any atom is -0.478 e. The smallest absolute Gasteiger partial charge is 0.337 e. The summed E-state index contributed by atoms with van der Waals surface area (Å²) in [5, 5.41) is 21.3. The Kier molecular flexibility index (Phi) is 3.93. The number of nitrogens with zero attached hydrogens (tertiary/aromatic N) is 1. The van der Waals surface area contributed by atoms with Crippen LogP contribution in [0.5, 0.6) is 0 Å². The van der Waals surface area contributed by atoms with E-state index in [4.69, 9.17) is 5.11 Å². The van der Waals surface area contributed by atoms with Gasteiger partial charge in [-0.2, -0.15) is 0 Å². The van der Waals surface area contributed by atoms with Crippen molar-refractivity contribution >= 4 is 17.6 Å². The van der Waals surface area contributed by atoms with Crippen LogP contribution in [0.25, 0.3) is 0 Å². The first-order chi connectivity index (χ1) is 8.31. The van der Waals surface area contributed by atoms with E-state index in [0.29, 0.717) is 6.07 Å². The summed E-state index contributed by atoms with van der Waals surface area (Å²) >= 11 is 0. The lowest BCUT2D eigenvalue weighted by Gasteiger charge is -2.08. The number of hydrogen-bond acceptors (Lipinski definition) is 4. The van der Waals surface area contributed by atoms with Gasteiger partial charge in [-0.15, -0.1) is 0 Å². The molecule has 0 aliphatic carbocycles. The fourth-order valence-electron chi connectivity index (χ4n) is 1.35. The van der Waals surface area contributed by atoms with Crippen molar-refractivity contribution in [2.45, 2.75) is 13.5 Å². The molecule has 2 N–H and O–H groups in total. The predicted octanol–water partition coefficient (Wildman–Crippen LogP) is 1.26. The quantitative estimate of drug-likeness (QED) is 0.622. The Labute approximate surface area is 100 Å². The van der Waals surface area contributed by atoms with Gasteiger partial charge < -0.3 is 10.4 Å². The van der Waals surface area contributed by atoms with Crippen molar-refractivity contribution in [3.8, 4) is 0 Å². The highest BCUT2D eigenvalue weighted by molar-refractivity contribution is 6.00. The van der Waals surface area contributed by atoms with E-state index < -0.39 is 34.7 Å². The van der Waals surface area contributed by atoms with Gasteiger partial charge in [0.05, 0.1) is 16.8 Å². The number of amides is 1. The topological polar surface area (TPSA) is 110 Å². The number of carboxylic acid groups (broad SMARTS) is 1. The van der Waals surface area contributed by atoms with Crippen LogP contribution in [0, 0.1) is 15.9 Å². The van der Waals surface area contributed by atoms with E-state index in [9.17, 15) is 24.1 Å². The molecule has 0 aliphatic heterocycles. The van der Waals surface area contributed by atoms with Crippen LogP contribution < -0.4 is 5.32 Å². The fourth-order valence-corrected chi connectivity index (χ4v) is 1.35. The van der Waals surface area contributed by atoms with Crippen molar-refractivity contribution in [2.75, 3.05) is 5.32 Å². The summed E-state index contributed by atoms with van der Waals surface area (Å²) in [6, 6.07) is 1.59. The molecule has 8 heteroatoms. The van der Waals surface area contributed by atoms with Crippen LogP contribution in [0.1, 0.15) is 22.8 Å². The molecule has 0 fully saturated rings. The molecule has 7 nitrogen and oxygen atoms in total. The van der Waals surface area contributed by atoms with Gasteiger partial charge in [-0.05, 0) is 12.1 Å². The van der Waals surface area contributed by atoms with Crippen molar-refractivity contribution < 1.29 is 24.0 Å². The van der Waals surface area contributed by atoms with Crippen LogP contribution in [0.4, 0.5) is 10.1 Å². The maximum absolute atomic E-state index is 13.4. The Morgan fingerprint density at radius 3 is 2.56 bits per heavy atom. The monoisotopic (exact) mass is 256 g/mol. The average molecular weight is 256 g/mol. The second-order valence-electron chi connectivity index (χ2n) is 3.47. The van der Waals surface area contributed by atoms with E-state index in [-0.39, 0.29) is 11.3 Å². The van der Waals surface area contributed by atoms with E-state index in [0.717, 1.165) is 13.0 Å². The Morgan fingerprint density at radius 1 is 1.50 bits per heavy atom. The number of carbonyl (C=O) groups is 2. The molecule has 96 valence electrons. The third-order valence-electron chi connectivity index (χ3n) is 2.03. The lowest BCUT2D eigenvalue weighted by molar-refractivity contribution is -0.497. The van der Waals surface area contributed by atoms with Gasteiger partial charge in [0.1, 0.15) is 5.82 Å². The molecule has 0 aliphatic rings. The first-order valence-electron chi connectivity index (χ1n) is 4.76. The highest BCUT2D eigenvalue weighted by Gasteiger charge is 2.18. The second kappa shape index (κ2) is 5.21.